The van der Waals surface area contributed by atoms with Crippen molar-refractivity contribution in [3.05, 3.63) is 41.8 Å². The monoisotopic (exact) mass is 357 g/mol. The number of unbranched alkanes of at least 4 members (excludes halogenated alkanes) is 2. The lowest BCUT2D eigenvalue weighted by molar-refractivity contribution is -0.139. The van der Waals surface area contributed by atoms with Gasteiger partial charge in [0.25, 0.3) is 0 Å². The van der Waals surface area contributed by atoms with Crippen molar-refractivity contribution in [1.29, 1.82) is 0 Å². The highest BCUT2D eigenvalue weighted by Gasteiger charge is 2.36. The van der Waals surface area contributed by atoms with Crippen LogP contribution in [0.15, 0.2) is 30.5 Å². The van der Waals surface area contributed by atoms with Crippen molar-refractivity contribution in [2.75, 3.05) is 18.6 Å². The van der Waals surface area contributed by atoms with Crippen molar-refractivity contribution >= 4 is 11.6 Å². The molecule has 0 amide bonds. The lowest BCUT2D eigenvalue weighted by Crippen LogP contribution is -2.17. The van der Waals surface area contributed by atoms with Gasteiger partial charge in [-0.1, -0.05) is 25.8 Å². The summed E-state index contributed by atoms with van der Waals surface area (Å²) in [5.74, 6) is -0.992. The summed E-state index contributed by atoms with van der Waals surface area (Å²) in [5, 5.41) is 0. The zero-order valence-electron chi connectivity index (χ0n) is 14.0. The Labute approximate surface area is 143 Å². The summed E-state index contributed by atoms with van der Waals surface area (Å²) in [5.41, 5.74) is -0.614. The average Bonchev–Trinajstić information content (AvgIpc) is 2.57. The highest BCUT2D eigenvalue weighted by Crippen LogP contribution is 2.36. The van der Waals surface area contributed by atoms with Crippen molar-refractivity contribution in [3.8, 4) is 5.88 Å². The predicted octanol–water partition coefficient (Wildman–Crippen LogP) is 4.97. The van der Waals surface area contributed by atoms with Gasteiger partial charge in [0.05, 0.1) is 6.61 Å². The minimum absolute atomic E-state index is 0.0101. The number of nitrogens with zero attached hydrogens (tertiary/aromatic N) is 3. The Bertz CT molecular complexity index is 707. The fourth-order valence-corrected chi connectivity index (χ4v) is 2.14. The SMILES string of the molecule is CCCCCOc1nc(N(C)c2cccc(F)c2)ncc1C(F)(F)F. The van der Waals surface area contributed by atoms with E-state index in [1.165, 1.54) is 30.1 Å². The second kappa shape index (κ2) is 8.13. The van der Waals surface area contributed by atoms with Crippen LogP contribution in [0.5, 0.6) is 5.88 Å². The van der Waals surface area contributed by atoms with Crippen LogP contribution in [-0.4, -0.2) is 23.6 Å². The Kier molecular flexibility index (Phi) is 6.17. The van der Waals surface area contributed by atoms with E-state index in [2.05, 4.69) is 9.97 Å². The molecular weight excluding hydrogens is 338 g/mol. The zero-order chi connectivity index (χ0) is 18.4. The summed E-state index contributed by atoms with van der Waals surface area (Å²) < 4.78 is 57.9. The van der Waals surface area contributed by atoms with E-state index in [1.54, 1.807) is 6.07 Å². The van der Waals surface area contributed by atoms with Gasteiger partial charge in [-0.15, -0.1) is 0 Å². The minimum Gasteiger partial charge on any atom is -0.477 e. The Morgan fingerprint density at radius 3 is 2.60 bits per heavy atom. The first-order chi connectivity index (χ1) is 11.8. The number of anilines is 2. The van der Waals surface area contributed by atoms with E-state index < -0.39 is 23.4 Å². The molecule has 0 unspecified atom stereocenters. The van der Waals surface area contributed by atoms with E-state index in [9.17, 15) is 17.6 Å². The number of ether oxygens (including phenoxy) is 1. The molecule has 1 heterocycles. The summed E-state index contributed by atoms with van der Waals surface area (Å²) in [6.07, 6.45) is -1.52. The van der Waals surface area contributed by atoms with E-state index in [4.69, 9.17) is 4.74 Å². The minimum atomic E-state index is -4.62. The molecule has 8 heteroatoms. The van der Waals surface area contributed by atoms with Crippen LogP contribution in [0.1, 0.15) is 31.7 Å². The third-order valence-electron chi connectivity index (χ3n) is 3.53. The molecule has 2 rings (SSSR count). The lowest BCUT2D eigenvalue weighted by atomic mass is 10.2. The number of rotatable bonds is 7. The second-order valence-corrected chi connectivity index (χ2v) is 5.48. The van der Waals surface area contributed by atoms with Gasteiger partial charge >= 0.3 is 6.18 Å². The van der Waals surface area contributed by atoms with Crippen molar-refractivity contribution in [2.24, 2.45) is 0 Å². The van der Waals surface area contributed by atoms with Gasteiger partial charge in [-0.2, -0.15) is 18.2 Å². The number of aromatic nitrogens is 2. The summed E-state index contributed by atoms with van der Waals surface area (Å²) >= 11 is 0. The molecule has 0 spiro atoms. The molecule has 1 aromatic carbocycles. The van der Waals surface area contributed by atoms with Crippen molar-refractivity contribution in [3.63, 3.8) is 0 Å². The molecule has 0 atom stereocenters. The van der Waals surface area contributed by atoms with Crippen LogP contribution >= 0.6 is 0 Å². The summed E-state index contributed by atoms with van der Waals surface area (Å²) in [6.45, 7) is 2.12. The van der Waals surface area contributed by atoms with Crippen LogP contribution in [0.3, 0.4) is 0 Å². The molecule has 0 radical (unpaired) electrons. The highest BCUT2D eigenvalue weighted by molar-refractivity contribution is 5.56. The number of hydrogen-bond acceptors (Lipinski definition) is 4. The second-order valence-electron chi connectivity index (χ2n) is 5.48. The van der Waals surface area contributed by atoms with Gasteiger partial charge in [-0.05, 0) is 24.6 Å². The summed E-state index contributed by atoms with van der Waals surface area (Å²) in [7, 11) is 1.54. The molecular formula is C17H19F4N3O. The Morgan fingerprint density at radius 1 is 1.20 bits per heavy atom. The molecule has 0 fully saturated rings. The third-order valence-corrected chi connectivity index (χ3v) is 3.53. The fourth-order valence-electron chi connectivity index (χ4n) is 2.14. The maximum Gasteiger partial charge on any atom is 0.423 e. The quantitative estimate of drug-likeness (QED) is 0.518. The van der Waals surface area contributed by atoms with E-state index in [0.29, 0.717) is 18.3 Å². The van der Waals surface area contributed by atoms with Gasteiger partial charge in [-0.3, -0.25) is 0 Å². The van der Waals surface area contributed by atoms with E-state index >= 15 is 0 Å². The molecule has 0 aliphatic carbocycles. The Morgan fingerprint density at radius 2 is 1.96 bits per heavy atom. The van der Waals surface area contributed by atoms with Gasteiger partial charge in [0.2, 0.25) is 11.8 Å². The topological polar surface area (TPSA) is 38.2 Å². The lowest BCUT2D eigenvalue weighted by Gasteiger charge is -2.19. The fraction of sp³-hybridized carbons (Fsp3) is 0.412. The Hall–Kier alpha value is -2.38. The molecule has 0 saturated heterocycles. The number of hydrogen-bond donors (Lipinski definition) is 0. The Balaban J connectivity index is 2.30. The zero-order valence-corrected chi connectivity index (χ0v) is 14.0. The van der Waals surface area contributed by atoms with E-state index in [1.807, 2.05) is 6.92 Å². The standard InChI is InChI=1S/C17H19F4N3O/c1-3-4-5-9-25-15-14(17(19,20)21)11-22-16(23-15)24(2)13-8-6-7-12(18)10-13/h6-8,10-11H,3-5,9H2,1-2H3. The molecule has 0 N–H and O–H groups in total. The maximum absolute atomic E-state index is 13.3. The molecule has 0 saturated carbocycles. The number of benzene rings is 1. The molecule has 4 nitrogen and oxygen atoms in total. The average molecular weight is 357 g/mol. The maximum atomic E-state index is 13.3. The number of alkyl halides is 3. The molecule has 2 aromatic rings. The van der Waals surface area contributed by atoms with Gasteiger partial charge in [0.15, 0.2) is 0 Å². The van der Waals surface area contributed by atoms with Crippen LogP contribution < -0.4 is 9.64 Å². The molecule has 0 bridgehead atoms. The van der Waals surface area contributed by atoms with Crippen LogP contribution in [0.2, 0.25) is 0 Å². The van der Waals surface area contributed by atoms with Crippen LogP contribution in [0.25, 0.3) is 0 Å². The first-order valence-corrected chi connectivity index (χ1v) is 7.89. The molecule has 25 heavy (non-hydrogen) atoms. The van der Waals surface area contributed by atoms with Gasteiger partial charge in [-0.25, -0.2) is 9.37 Å². The largest absolute Gasteiger partial charge is 0.477 e. The molecule has 1 aromatic heterocycles. The van der Waals surface area contributed by atoms with Crippen molar-refractivity contribution in [2.45, 2.75) is 32.4 Å². The van der Waals surface area contributed by atoms with Crippen LogP contribution in [0, 0.1) is 5.82 Å². The smallest absolute Gasteiger partial charge is 0.423 e. The van der Waals surface area contributed by atoms with Gasteiger partial charge < -0.3 is 9.64 Å². The predicted molar refractivity (Wildman–Crippen MR) is 86.5 cm³/mol. The van der Waals surface area contributed by atoms with Crippen LogP contribution in [-0.2, 0) is 6.18 Å². The van der Waals surface area contributed by atoms with E-state index in [0.717, 1.165) is 12.8 Å². The number of halogens is 4. The summed E-state index contributed by atoms with van der Waals surface area (Å²) in [6, 6.07) is 5.61. The van der Waals surface area contributed by atoms with Gasteiger partial charge in [0, 0.05) is 18.9 Å². The third kappa shape index (κ3) is 5.04. The normalized spacial score (nSPS) is 11.4. The van der Waals surface area contributed by atoms with E-state index in [-0.39, 0.29) is 12.6 Å². The highest BCUT2D eigenvalue weighted by atomic mass is 19.4. The van der Waals surface area contributed by atoms with Crippen molar-refractivity contribution < 1.29 is 22.3 Å². The van der Waals surface area contributed by atoms with Crippen LogP contribution in [0.4, 0.5) is 29.2 Å². The van der Waals surface area contributed by atoms with Gasteiger partial charge in [0.1, 0.15) is 11.4 Å². The summed E-state index contributed by atoms with van der Waals surface area (Å²) in [4.78, 5) is 9.03. The molecule has 0 aliphatic heterocycles. The molecule has 136 valence electrons. The first-order valence-electron chi connectivity index (χ1n) is 7.89. The molecule has 0 aliphatic rings. The first kappa shape index (κ1) is 19.0. The van der Waals surface area contributed by atoms with Crippen molar-refractivity contribution in [1.82, 2.24) is 9.97 Å².